The molecule has 0 aromatic heterocycles. The van der Waals surface area contributed by atoms with E-state index in [4.69, 9.17) is 5.73 Å². The highest BCUT2D eigenvalue weighted by Crippen LogP contribution is 1.97. The summed E-state index contributed by atoms with van der Waals surface area (Å²) in [7, 11) is 0. The molecule has 2 N–H and O–H groups in total. The monoisotopic (exact) mass is 203 g/mol. The molecule has 0 radical (unpaired) electrons. The van der Waals surface area contributed by atoms with Gasteiger partial charge in [-0.3, -0.25) is 0 Å². The summed E-state index contributed by atoms with van der Waals surface area (Å²) in [6.07, 6.45) is 6.76. The number of hydrogen-bond acceptors (Lipinski definition) is 1. The average Bonchev–Trinajstić information content (AvgIpc) is 2.10. The third kappa shape index (κ3) is 11.8. The zero-order valence-corrected chi connectivity index (χ0v) is 9.62. The summed E-state index contributed by atoms with van der Waals surface area (Å²) in [6.45, 7) is 4.31. The van der Waals surface area contributed by atoms with E-state index in [2.05, 4.69) is 25.7 Å². The largest absolute Gasteiger partial charge is 0.327 e. The van der Waals surface area contributed by atoms with Gasteiger partial charge in [0, 0.05) is 18.9 Å². The molecule has 1 atom stereocenters. The van der Waals surface area contributed by atoms with Gasteiger partial charge in [-0.2, -0.15) is 0 Å². The maximum absolute atomic E-state index is 5.71. The number of halogens is 1. The number of hydrogen-bond donors (Lipinski definition) is 1. The van der Waals surface area contributed by atoms with Crippen molar-refractivity contribution in [3.63, 3.8) is 0 Å². The van der Waals surface area contributed by atoms with E-state index in [-0.39, 0.29) is 18.4 Å². The van der Waals surface area contributed by atoms with E-state index in [0.29, 0.717) is 0 Å². The Morgan fingerprint density at radius 1 is 1.15 bits per heavy atom. The third-order valence-electron chi connectivity index (χ3n) is 1.92. The predicted octanol–water partition coefficient (Wildman–Crippen LogP) is 3.12. The van der Waals surface area contributed by atoms with Crippen molar-refractivity contribution >= 4 is 12.4 Å². The van der Waals surface area contributed by atoms with Crippen LogP contribution >= 0.6 is 12.4 Å². The summed E-state index contributed by atoms with van der Waals surface area (Å²) >= 11 is 0. The van der Waals surface area contributed by atoms with Gasteiger partial charge in [0.15, 0.2) is 0 Å². The Kier molecular flexibility index (Phi) is 13.9. The molecule has 0 saturated heterocycles. The van der Waals surface area contributed by atoms with E-state index in [1.165, 1.54) is 19.3 Å². The fraction of sp³-hybridized carbons (Fsp3) is 0.818. The van der Waals surface area contributed by atoms with Gasteiger partial charge >= 0.3 is 0 Å². The van der Waals surface area contributed by atoms with Crippen LogP contribution in [0, 0.1) is 11.8 Å². The fourth-order valence-corrected chi connectivity index (χ4v) is 0.899. The maximum Gasteiger partial charge on any atom is 0.0241 e. The Balaban J connectivity index is 0. The van der Waals surface area contributed by atoms with Crippen molar-refractivity contribution in [3.8, 4) is 11.8 Å². The van der Waals surface area contributed by atoms with E-state index in [1.54, 1.807) is 0 Å². The molecule has 0 heterocycles. The standard InChI is InChI=1S/C11H21N.ClH/c1-3-5-6-7-8-9-10-11(12)4-2;/h11H,3-7,10,12H2,1-2H3;1H. The molecule has 0 aromatic rings. The van der Waals surface area contributed by atoms with Gasteiger partial charge in [0.25, 0.3) is 0 Å². The summed E-state index contributed by atoms with van der Waals surface area (Å²) in [6, 6.07) is 0.281. The Labute approximate surface area is 88.9 Å². The average molecular weight is 204 g/mol. The van der Waals surface area contributed by atoms with Crippen LogP contribution < -0.4 is 5.73 Å². The van der Waals surface area contributed by atoms with Crippen LogP contribution in [-0.2, 0) is 0 Å². The molecule has 0 aliphatic carbocycles. The minimum absolute atomic E-state index is 0. The molecule has 0 aliphatic heterocycles. The lowest BCUT2D eigenvalue weighted by molar-refractivity contribution is 0.668. The normalized spacial score (nSPS) is 11.0. The lowest BCUT2D eigenvalue weighted by atomic mass is 10.1. The van der Waals surface area contributed by atoms with Crippen LogP contribution in [0.3, 0.4) is 0 Å². The first-order valence-corrected chi connectivity index (χ1v) is 5.02. The third-order valence-corrected chi connectivity index (χ3v) is 1.92. The Hall–Kier alpha value is -0.190. The van der Waals surface area contributed by atoms with Gasteiger partial charge < -0.3 is 5.73 Å². The molecular formula is C11H22ClN. The molecule has 13 heavy (non-hydrogen) atoms. The molecule has 0 amide bonds. The van der Waals surface area contributed by atoms with Gasteiger partial charge in [0.05, 0.1) is 0 Å². The van der Waals surface area contributed by atoms with Crippen LogP contribution in [0.15, 0.2) is 0 Å². The predicted molar refractivity (Wildman–Crippen MR) is 62.0 cm³/mol. The summed E-state index contributed by atoms with van der Waals surface area (Å²) in [4.78, 5) is 0. The van der Waals surface area contributed by atoms with Gasteiger partial charge in [0.1, 0.15) is 0 Å². The van der Waals surface area contributed by atoms with Gasteiger partial charge in [-0.05, 0) is 12.8 Å². The first kappa shape index (κ1) is 15.3. The van der Waals surface area contributed by atoms with Gasteiger partial charge in [0.2, 0.25) is 0 Å². The second-order valence-corrected chi connectivity index (χ2v) is 3.18. The molecule has 0 rings (SSSR count). The molecule has 1 nitrogen and oxygen atoms in total. The quantitative estimate of drug-likeness (QED) is 0.539. The van der Waals surface area contributed by atoms with E-state index in [1.807, 2.05) is 0 Å². The smallest absolute Gasteiger partial charge is 0.0241 e. The van der Waals surface area contributed by atoms with Crippen molar-refractivity contribution in [3.05, 3.63) is 0 Å². The minimum atomic E-state index is 0. The van der Waals surface area contributed by atoms with Crippen molar-refractivity contribution in [1.82, 2.24) is 0 Å². The highest BCUT2D eigenvalue weighted by Gasteiger charge is 1.92. The maximum atomic E-state index is 5.71. The fourth-order valence-electron chi connectivity index (χ4n) is 0.899. The van der Waals surface area contributed by atoms with Crippen LogP contribution in [0.1, 0.15) is 52.4 Å². The van der Waals surface area contributed by atoms with Gasteiger partial charge in [-0.25, -0.2) is 0 Å². The minimum Gasteiger partial charge on any atom is -0.327 e. The van der Waals surface area contributed by atoms with Crippen LogP contribution in [0.4, 0.5) is 0 Å². The lowest BCUT2D eigenvalue weighted by Gasteiger charge is -2.00. The van der Waals surface area contributed by atoms with Crippen molar-refractivity contribution in [2.24, 2.45) is 5.73 Å². The van der Waals surface area contributed by atoms with Gasteiger partial charge in [-0.1, -0.05) is 26.7 Å². The second kappa shape index (κ2) is 11.8. The molecule has 0 spiro atoms. The Bertz CT molecular complexity index is 146. The van der Waals surface area contributed by atoms with Gasteiger partial charge in [-0.15, -0.1) is 24.2 Å². The first-order chi connectivity index (χ1) is 5.81. The Morgan fingerprint density at radius 3 is 2.38 bits per heavy atom. The molecular weight excluding hydrogens is 182 g/mol. The van der Waals surface area contributed by atoms with Crippen molar-refractivity contribution in [2.75, 3.05) is 0 Å². The van der Waals surface area contributed by atoms with Crippen molar-refractivity contribution < 1.29 is 0 Å². The second-order valence-electron chi connectivity index (χ2n) is 3.18. The van der Waals surface area contributed by atoms with E-state index < -0.39 is 0 Å². The number of unbranched alkanes of at least 4 members (excludes halogenated alkanes) is 3. The molecule has 0 bridgehead atoms. The summed E-state index contributed by atoms with van der Waals surface area (Å²) in [5, 5.41) is 0. The number of nitrogens with two attached hydrogens (primary N) is 1. The highest BCUT2D eigenvalue weighted by atomic mass is 35.5. The molecule has 0 aromatic carbocycles. The van der Waals surface area contributed by atoms with Crippen LogP contribution in [0.25, 0.3) is 0 Å². The Morgan fingerprint density at radius 2 is 1.85 bits per heavy atom. The molecule has 0 aliphatic rings. The molecule has 0 fully saturated rings. The molecule has 1 unspecified atom stereocenters. The summed E-state index contributed by atoms with van der Waals surface area (Å²) < 4.78 is 0. The van der Waals surface area contributed by atoms with Crippen LogP contribution in [0.2, 0.25) is 0 Å². The summed E-state index contributed by atoms with van der Waals surface area (Å²) in [5.74, 6) is 6.28. The topological polar surface area (TPSA) is 26.0 Å². The number of rotatable bonds is 5. The SMILES string of the molecule is CCCCCC#CCC(N)CC.Cl. The molecule has 0 saturated carbocycles. The molecule has 2 heteroatoms. The van der Waals surface area contributed by atoms with Crippen molar-refractivity contribution in [2.45, 2.75) is 58.4 Å². The molecule has 78 valence electrons. The van der Waals surface area contributed by atoms with E-state index in [0.717, 1.165) is 19.3 Å². The van der Waals surface area contributed by atoms with E-state index >= 15 is 0 Å². The van der Waals surface area contributed by atoms with Crippen LogP contribution in [-0.4, -0.2) is 6.04 Å². The lowest BCUT2D eigenvalue weighted by Crippen LogP contribution is -2.16. The zero-order chi connectivity index (χ0) is 9.23. The van der Waals surface area contributed by atoms with E-state index in [9.17, 15) is 0 Å². The zero-order valence-electron chi connectivity index (χ0n) is 8.81. The summed E-state index contributed by atoms with van der Waals surface area (Å²) in [5.41, 5.74) is 5.71. The van der Waals surface area contributed by atoms with Crippen molar-refractivity contribution in [1.29, 1.82) is 0 Å². The van der Waals surface area contributed by atoms with Crippen LogP contribution in [0.5, 0.6) is 0 Å². The highest BCUT2D eigenvalue weighted by molar-refractivity contribution is 5.85. The first-order valence-electron chi connectivity index (χ1n) is 5.02.